The molecule has 3 aromatic rings. The maximum Gasteiger partial charge on any atom is 0.136 e. The van der Waals surface area contributed by atoms with Crippen molar-refractivity contribution in [2.45, 2.75) is 13.5 Å². The molecule has 3 heteroatoms. The predicted molar refractivity (Wildman–Crippen MR) is 80.9 cm³/mol. The van der Waals surface area contributed by atoms with Crippen LogP contribution in [0.1, 0.15) is 11.1 Å². The molecule has 100 valence electrons. The predicted octanol–water partition coefficient (Wildman–Crippen LogP) is 3.79. The second-order valence-electron chi connectivity index (χ2n) is 4.72. The van der Waals surface area contributed by atoms with E-state index in [9.17, 15) is 0 Å². The Morgan fingerprint density at radius 2 is 2.00 bits per heavy atom. The number of fused-ring (bicyclic) bond motifs is 1. The molecule has 2 aromatic carbocycles. The molecule has 0 aliphatic rings. The zero-order valence-corrected chi connectivity index (χ0v) is 11.3. The summed E-state index contributed by atoms with van der Waals surface area (Å²) in [5.74, 6) is 1.63. The van der Waals surface area contributed by atoms with Crippen molar-refractivity contribution < 1.29 is 4.74 Å². The maximum absolute atomic E-state index is 5.99. The van der Waals surface area contributed by atoms with Crippen LogP contribution in [0.4, 0.5) is 0 Å². The number of ether oxygens (including phenoxy) is 1. The molecule has 0 radical (unpaired) electrons. The van der Waals surface area contributed by atoms with Crippen molar-refractivity contribution in [2.24, 2.45) is 5.73 Å². The van der Waals surface area contributed by atoms with E-state index < -0.39 is 0 Å². The molecule has 0 spiro atoms. The molecule has 0 atom stereocenters. The van der Waals surface area contributed by atoms with Crippen LogP contribution in [0.15, 0.2) is 54.7 Å². The van der Waals surface area contributed by atoms with Gasteiger partial charge in [0.2, 0.25) is 0 Å². The van der Waals surface area contributed by atoms with E-state index >= 15 is 0 Å². The van der Waals surface area contributed by atoms with Gasteiger partial charge < -0.3 is 10.5 Å². The van der Waals surface area contributed by atoms with E-state index in [0.717, 1.165) is 33.5 Å². The summed E-state index contributed by atoms with van der Waals surface area (Å²) in [6.45, 7) is 2.59. The lowest BCUT2D eigenvalue weighted by atomic mass is 10.1. The van der Waals surface area contributed by atoms with E-state index in [2.05, 4.69) is 4.98 Å². The molecule has 3 rings (SSSR count). The first kappa shape index (κ1) is 12.6. The van der Waals surface area contributed by atoms with Crippen LogP contribution in [0, 0.1) is 6.92 Å². The molecule has 0 aliphatic carbocycles. The van der Waals surface area contributed by atoms with E-state index in [1.54, 1.807) is 6.20 Å². The van der Waals surface area contributed by atoms with Gasteiger partial charge in [-0.2, -0.15) is 0 Å². The molecular weight excluding hydrogens is 248 g/mol. The van der Waals surface area contributed by atoms with Crippen LogP contribution in [-0.2, 0) is 6.54 Å². The van der Waals surface area contributed by atoms with Crippen LogP contribution in [0.5, 0.6) is 11.5 Å². The number of pyridine rings is 1. The number of hydrogen-bond acceptors (Lipinski definition) is 3. The minimum Gasteiger partial charge on any atom is -0.457 e. The fourth-order valence-corrected chi connectivity index (χ4v) is 2.25. The van der Waals surface area contributed by atoms with Crippen LogP contribution < -0.4 is 10.5 Å². The number of aromatic nitrogens is 1. The van der Waals surface area contributed by atoms with Crippen molar-refractivity contribution in [3.05, 3.63) is 65.9 Å². The maximum atomic E-state index is 5.99. The standard InChI is InChI=1S/C17H16N2O/c1-12-10-14(8-7-13(12)11-18)20-17-6-2-5-16-15(17)4-3-9-19-16/h2-10H,11,18H2,1H3. The highest BCUT2D eigenvalue weighted by Gasteiger charge is 2.05. The average Bonchev–Trinajstić information content (AvgIpc) is 2.48. The molecule has 0 bridgehead atoms. The molecule has 1 heterocycles. The Morgan fingerprint density at radius 3 is 2.80 bits per heavy atom. The van der Waals surface area contributed by atoms with Gasteiger partial charge in [-0.25, -0.2) is 0 Å². The molecule has 0 unspecified atom stereocenters. The minimum absolute atomic E-state index is 0.546. The summed E-state index contributed by atoms with van der Waals surface area (Å²) in [4.78, 5) is 4.33. The fourth-order valence-electron chi connectivity index (χ4n) is 2.25. The van der Waals surface area contributed by atoms with Gasteiger partial charge in [0.1, 0.15) is 11.5 Å². The summed E-state index contributed by atoms with van der Waals surface area (Å²) >= 11 is 0. The van der Waals surface area contributed by atoms with Gasteiger partial charge in [-0.3, -0.25) is 4.98 Å². The summed E-state index contributed by atoms with van der Waals surface area (Å²) in [7, 11) is 0. The van der Waals surface area contributed by atoms with E-state index in [1.165, 1.54) is 0 Å². The second kappa shape index (κ2) is 5.31. The first-order valence-corrected chi connectivity index (χ1v) is 6.59. The molecular formula is C17H16N2O. The third kappa shape index (κ3) is 2.36. The normalized spacial score (nSPS) is 10.7. The van der Waals surface area contributed by atoms with Crippen molar-refractivity contribution in [2.75, 3.05) is 0 Å². The van der Waals surface area contributed by atoms with Gasteiger partial charge in [-0.15, -0.1) is 0 Å². The third-order valence-corrected chi connectivity index (χ3v) is 3.37. The number of hydrogen-bond donors (Lipinski definition) is 1. The SMILES string of the molecule is Cc1cc(Oc2cccc3ncccc23)ccc1CN. The molecule has 2 N–H and O–H groups in total. The Balaban J connectivity index is 1.99. The minimum atomic E-state index is 0.546. The molecule has 0 aliphatic heterocycles. The number of nitrogens with zero attached hydrogens (tertiary/aromatic N) is 1. The summed E-state index contributed by atoms with van der Waals surface area (Å²) in [6.07, 6.45) is 1.78. The number of benzene rings is 2. The summed E-state index contributed by atoms with van der Waals surface area (Å²) in [6, 6.07) is 15.8. The second-order valence-corrected chi connectivity index (χ2v) is 4.72. The Hall–Kier alpha value is -2.39. The van der Waals surface area contributed by atoms with Crippen molar-refractivity contribution in [1.29, 1.82) is 0 Å². The van der Waals surface area contributed by atoms with E-state index in [4.69, 9.17) is 10.5 Å². The van der Waals surface area contributed by atoms with Gasteiger partial charge in [0.05, 0.1) is 5.52 Å². The van der Waals surface area contributed by atoms with Crippen molar-refractivity contribution in [1.82, 2.24) is 4.98 Å². The third-order valence-electron chi connectivity index (χ3n) is 3.37. The van der Waals surface area contributed by atoms with Gasteiger partial charge in [0.15, 0.2) is 0 Å². The topological polar surface area (TPSA) is 48.1 Å². The molecule has 0 saturated heterocycles. The Kier molecular flexibility index (Phi) is 3.35. The molecule has 20 heavy (non-hydrogen) atoms. The number of aryl methyl sites for hydroxylation is 1. The average molecular weight is 264 g/mol. The molecule has 0 saturated carbocycles. The monoisotopic (exact) mass is 264 g/mol. The van der Waals surface area contributed by atoms with Crippen LogP contribution in [0.2, 0.25) is 0 Å². The zero-order valence-electron chi connectivity index (χ0n) is 11.3. The zero-order chi connectivity index (χ0) is 13.9. The van der Waals surface area contributed by atoms with E-state index in [1.807, 2.05) is 55.5 Å². The van der Waals surface area contributed by atoms with E-state index in [-0.39, 0.29) is 0 Å². The smallest absolute Gasteiger partial charge is 0.136 e. The largest absolute Gasteiger partial charge is 0.457 e. The lowest BCUT2D eigenvalue weighted by Crippen LogP contribution is -1.99. The van der Waals surface area contributed by atoms with Gasteiger partial charge >= 0.3 is 0 Å². The molecule has 1 aromatic heterocycles. The Labute approximate surface area is 118 Å². The van der Waals surface area contributed by atoms with Crippen LogP contribution in [0.3, 0.4) is 0 Å². The highest BCUT2D eigenvalue weighted by atomic mass is 16.5. The number of rotatable bonds is 3. The highest BCUT2D eigenvalue weighted by Crippen LogP contribution is 2.29. The highest BCUT2D eigenvalue weighted by molar-refractivity contribution is 5.85. The Morgan fingerprint density at radius 1 is 1.10 bits per heavy atom. The molecule has 3 nitrogen and oxygen atoms in total. The quantitative estimate of drug-likeness (QED) is 0.782. The van der Waals surface area contributed by atoms with Gasteiger partial charge in [0.25, 0.3) is 0 Å². The Bertz CT molecular complexity index is 748. The number of nitrogens with two attached hydrogens (primary N) is 1. The first-order valence-electron chi connectivity index (χ1n) is 6.59. The lowest BCUT2D eigenvalue weighted by molar-refractivity contribution is 0.487. The van der Waals surface area contributed by atoms with Crippen LogP contribution in [0.25, 0.3) is 10.9 Å². The van der Waals surface area contributed by atoms with E-state index in [0.29, 0.717) is 6.54 Å². The van der Waals surface area contributed by atoms with Crippen LogP contribution in [-0.4, -0.2) is 4.98 Å². The van der Waals surface area contributed by atoms with Crippen molar-refractivity contribution >= 4 is 10.9 Å². The first-order chi connectivity index (χ1) is 9.78. The fraction of sp³-hybridized carbons (Fsp3) is 0.118. The molecule has 0 fully saturated rings. The van der Waals surface area contributed by atoms with Crippen LogP contribution >= 0.6 is 0 Å². The lowest BCUT2D eigenvalue weighted by Gasteiger charge is -2.10. The van der Waals surface area contributed by atoms with Gasteiger partial charge in [-0.05, 0) is 54.4 Å². The summed E-state index contributed by atoms with van der Waals surface area (Å²) < 4.78 is 5.99. The molecule has 0 amide bonds. The van der Waals surface area contributed by atoms with Gasteiger partial charge in [-0.1, -0.05) is 12.1 Å². The van der Waals surface area contributed by atoms with Crippen molar-refractivity contribution in [3.63, 3.8) is 0 Å². The summed E-state index contributed by atoms with van der Waals surface area (Å²) in [5, 5.41) is 1.01. The van der Waals surface area contributed by atoms with Crippen molar-refractivity contribution in [3.8, 4) is 11.5 Å². The summed E-state index contributed by atoms with van der Waals surface area (Å²) in [5.41, 5.74) is 8.89. The van der Waals surface area contributed by atoms with Gasteiger partial charge in [0, 0.05) is 18.1 Å².